The molecule has 29 heavy (non-hydrogen) atoms. The van der Waals surface area contributed by atoms with E-state index < -0.39 is 15.9 Å². The minimum atomic E-state index is -3.36. The van der Waals surface area contributed by atoms with Gasteiger partial charge in [-0.25, -0.2) is 13.4 Å². The number of phenols is 1. The third-order valence-electron chi connectivity index (χ3n) is 4.42. The number of hydrogen-bond donors (Lipinski definition) is 2. The van der Waals surface area contributed by atoms with Gasteiger partial charge in [0.1, 0.15) is 16.5 Å². The molecule has 1 aliphatic heterocycles. The SMILES string of the molecule is O=C(Nc1cc(N2CCCS2(=O)=O)ccc1O)c1csc(-c2cccc(Cl)c2)n1. The van der Waals surface area contributed by atoms with Crippen molar-refractivity contribution >= 4 is 50.2 Å². The first-order valence-corrected chi connectivity index (χ1v) is 11.6. The van der Waals surface area contributed by atoms with Gasteiger partial charge < -0.3 is 10.4 Å². The molecule has 0 spiro atoms. The van der Waals surface area contributed by atoms with Crippen molar-refractivity contribution in [3.05, 3.63) is 58.6 Å². The molecule has 0 atom stereocenters. The van der Waals surface area contributed by atoms with Crippen molar-refractivity contribution in [2.24, 2.45) is 0 Å². The molecule has 3 aromatic rings. The third kappa shape index (κ3) is 4.07. The zero-order chi connectivity index (χ0) is 20.6. The number of aromatic nitrogens is 1. The Bertz CT molecular complexity index is 1190. The highest BCUT2D eigenvalue weighted by Gasteiger charge is 2.29. The first kappa shape index (κ1) is 19.7. The summed E-state index contributed by atoms with van der Waals surface area (Å²) in [5, 5.41) is 15.5. The second-order valence-electron chi connectivity index (χ2n) is 6.45. The van der Waals surface area contributed by atoms with Gasteiger partial charge in [-0.2, -0.15) is 0 Å². The van der Waals surface area contributed by atoms with Gasteiger partial charge in [-0.15, -0.1) is 11.3 Å². The molecule has 0 unspecified atom stereocenters. The van der Waals surface area contributed by atoms with Gasteiger partial charge in [0.05, 0.1) is 17.1 Å². The molecule has 2 heterocycles. The second-order valence-corrected chi connectivity index (χ2v) is 9.75. The molecule has 0 saturated carbocycles. The normalized spacial score (nSPS) is 15.4. The molecule has 1 aromatic heterocycles. The zero-order valence-corrected chi connectivity index (χ0v) is 17.4. The Labute approximate surface area is 176 Å². The van der Waals surface area contributed by atoms with Crippen LogP contribution in [0.1, 0.15) is 16.9 Å². The summed E-state index contributed by atoms with van der Waals surface area (Å²) < 4.78 is 25.5. The van der Waals surface area contributed by atoms with Gasteiger partial charge in [0, 0.05) is 22.5 Å². The number of hydrogen-bond acceptors (Lipinski definition) is 6. The second kappa shape index (κ2) is 7.66. The maximum absolute atomic E-state index is 12.6. The van der Waals surface area contributed by atoms with Gasteiger partial charge in [0.15, 0.2) is 0 Å². The first-order valence-electron chi connectivity index (χ1n) is 8.70. The average Bonchev–Trinajstić information content (AvgIpc) is 3.30. The molecular formula is C19H16ClN3O4S2. The van der Waals surface area contributed by atoms with E-state index in [0.29, 0.717) is 28.7 Å². The number of aromatic hydroxyl groups is 1. The Kier molecular flexibility index (Phi) is 5.20. The van der Waals surface area contributed by atoms with E-state index in [4.69, 9.17) is 11.6 Å². The number of halogens is 1. The van der Waals surface area contributed by atoms with Crippen molar-refractivity contribution in [3.8, 4) is 16.3 Å². The fourth-order valence-corrected chi connectivity index (χ4v) is 5.57. The van der Waals surface area contributed by atoms with Gasteiger partial charge >= 0.3 is 0 Å². The fourth-order valence-electron chi connectivity index (χ4n) is 3.03. The summed E-state index contributed by atoms with van der Waals surface area (Å²) in [5.74, 6) is -0.587. The lowest BCUT2D eigenvalue weighted by atomic mass is 10.2. The lowest BCUT2D eigenvalue weighted by Gasteiger charge is -2.18. The molecule has 0 radical (unpaired) electrons. The number of nitrogens with zero attached hydrogens (tertiary/aromatic N) is 2. The number of benzene rings is 2. The summed E-state index contributed by atoms with van der Waals surface area (Å²) in [5.41, 5.74) is 1.50. The van der Waals surface area contributed by atoms with Gasteiger partial charge in [0.25, 0.3) is 5.91 Å². The predicted molar refractivity (Wildman–Crippen MR) is 114 cm³/mol. The maximum Gasteiger partial charge on any atom is 0.275 e. The highest BCUT2D eigenvalue weighted by atomic mass is 35.5. The molecule has 10 heteroatoms. The van der Waals surface area contributed by atoms with Crippen molar-refractivity contribution in [3.63, 3.8) is 0 Å². The maximum atomic E-state index is 12.6. The van der Waals surface area contributed by atoms with Crippen molar-refractivity contribution in [2.75, 3.05) is 21.9 Å². The number of phenolic OH excluding ortho intramolecular Hbond substituents is 1. The quantitative estimate of drug-likeness (QED) is 0.587. The van der Waals surface area contributed by atoms with Crippen molar-refractivity contribution < 1.29 is 18.3 Å². The van der Waals surface area contributed by atoms with Crippen LogP contribution in [0.2, 0.25) is 5.02 Å². The number of rotatable bonds is 4. The lowest BCUT2D eigenvalue weighted by molar-refractivity contribution is 0.102. The third-order valence-corrected chi connectivity index (χ3v) is 7.42. The molecule has 0 aliphatic carbocycles. The van der Waals surface area contributed by atoms with Crippen LogP contribution in [0, 0.1) is 0 Å². The van der Waals surface area contributed by atoms with Crippen LogP contribution in [0.3, 0.4) is 0 Å². The highest BCUT2D eigenvalue weighted by Crippen LogP contribution is 2.33. The van der Waals surface area contributed by atoms with Crippen molar-refractivity contribution in [1.29, 1.82) is 0 Å². The summed E-state index contributed by atoms with van der Waals surface area (Å²) >= 11 is 7.30. The van der Waals surface area contributed by atoms with E-state index in [1.807, 2.05) is 6.07 Å². The number of carbonyl (C=O) groups excluding carboxylic acids is 1. The molecule has 7 nitrogen and oxygen atoms in total. The molecule has 2 aromatic carbocycles. The predicted octanol–water partition coefficient (Wildman–Crippen LogP) is 3.96. The first-order chi connectivity index (χ1) is 13.8. The topological polar surface area (TPSA) is 99.6 Å². The largest absolute Gasteiger partial charge is 0.506 e. The van der Waals surface area contributed by atoms with E-state index >= 15 is 0 Å². The van der Waals surface area contributed by atoms with Crippen LogP contribution < -0.4 is 9.62 Å². The van der Waals surface area contributed by atoms with E-state index in [1.165, 1.54) is 33.8 Å². The van der Waals surface area contributed by atoms with E-state index in [9.17, 15) is 18.3 Å². The van der Waals surface area contributed by atoms with Crippen molar-refractivity contribution in [1.82, 2.24) is 4.98 Å². The Morgan fingerprint density at radius 3 is 2.79 bits per heavy atom. The summed E-state index contributed by atoms with van der Waals surface area (Å²) in [6.07, 6.45) is 0.538. The molecule has 1 aliphatic rings. The minimum Gasteiger partial charge on any atom is -0.506 e. The lowest BCUT2D eigenvalue weighted by Crippen LogP contribution is -2.25. The minimum absolute atomic E-state index is 0.0840. The number of thiazole rings is 1. The summed E-state index contributed by atoms with van der Waals surface area (Å²) in [4.78, 5) is 16.9. The van der Waals surface area contributed by atoms with Crippen LogP contribution in [0.25, 0.3) is 10.6 Å². The average molecular weight is 450 g/mol. The van der Waals surface area contributed by atoms with E-state index in [0.717, 1.165) is 5.56 Å². The molecule has 1 amide bonds. The van der Waals surface area contributed by atoms with Crippen LogP contribution in [0.4, 0.5) is 11.4 Å². The summed E-state index contributed by atoms with van der Waals surface area (Å²) in [7, 11) is -3.36. The summed E-state index contributed by atoms with van der Waals surface area (Å²) in [6, 6.07) is 11.5. The molecule has 0 bridgehead atoms. The number of nitrogens with one attached hydrogen (secondary N) is 1. The molecule has 1 saturated heterocycles. The Morgan fingerprint density at radius 1 is 1.24 bits per heavy atom. The highest BCUT2D eigenvalue weighted by molar-refractivity contribution is 7.93. The zero-order valence-electron chi connectivity index (χ0n) is 15.0. The number of anilines is 2. The molecule has 4 rings (SSSR count). The fraction of sp³-hybridized carbons (Fsp3) is 0.158. The monoisotopic (exact) mass is 449 g/mol. The van der Waals surface area contributed by atoms with Gasteiger partial charge in [-0.3, -0.25) is 9.10 Å². The van der Waals surface area contributed by atoms with Gasteiger partial charge in [0.2, 0.25) is 10.0 Å². The standard InChI is InChI=1S/C19H16ClN3O4S2/c20-13-4-1-3-12(9-13)19-22-16(11-28-19)18(25)21-15-10-14(5-6-17(15)24)23-7-2-8-29(23,26)27/h1,3-6,9-11,24H,2,7-8H2,(H,21,25). The summed E-state index contributed by atoms with van der Waals surface area (Å²) in [6.45, 7) is 0.371. The number of carbonyl (C=O) groups is 1. The smallest absolute Gasteiger partial charge is 0.275 e. The molecule has 150 valence electrons. The Balaban J connectivity index is 1.57. The van der Waals surface area contributed by atoms with Crippen LogP contribution >= 0.6 is 22.9 Å². The van der Waals surface area contributed by atoms with Crippen LogP contribution in [0.5, 0.6) is 5.75 Å². The van der Waals surface area contributed by atoms with Gasteiger partial charge in [-0.05, 0) is 36.8 Å². The Hall–Kier alpha value is -2.62. The number of amides is 1. The van der Waals surface area contributed by atoms with E-state index in [1.54, 1.807) is 23.6 Å². The molecule has 2 N–H and O–H groups in total. The number of sulfonamides is 1. The van der Waals surface area contributed by atoms with Gasteiger partial charge in [-0.1, -0.05) is 23.7 Å². The van der Waals surface area contributed by atoms with Crippen LogP contribution in [0.15, 0.2) is 47.8 Å². The van der Waals surface area contributed by atoms with Crippen LogP contribution in [-0.4, -0.2) is 36.7 Å². The Morgan fingerprint density at radius 2 is 2.07 bits per heavy atom. The molecule has 1 fully saturated rings. The molecular weight excluding hydrogens is 434 g/mol. The van der Waals surface area contributed by atoms with Crippen LogP contribution in [-0.2, 0) is 10.0 Å². The van der Waals surface area contributed by atoms with E-state index in [2.05, 4.69) is 10.3 Å². The van der Waals surface area contributed by atoms with E-state index in [-0.39, 0.29) is 22.9 Å². The van der Waals surface area contributed by atoms with Crippen molar-refractivity contribution in [2.45, 2.75) is 6.42 Å².